The zero-order chi connectivity index (χ0) is 25.3. The first kappa shape index (κ1) is 24.6. The van der Waals surface area contributed by atoms with E-state index in [1.807, 2.05) is 0 Å². The van der Waals surface area contributed by atoms with Crippen LogP contribution in [0.4, 0.5) is 4.39 Å². The number of carbonyl (C=O) groups is 4. The summed E-state index contributed by atoms with van der Waals surface area (Å²) in [6, 6.07) is 5.60. The van der Waals surface area contributed by atoms with Crippen LogP contribution in [0.5, 0.6) is 5.75 Å². The average Bonchev–Trinajstić information content (AvgIpc) is 3.28. The highest BCUT2D eigenvalue weighted by Crippen LogP contribution is 2.40. The fourth-order valence-electron chi connectivity index (χ4n) is 3.51. The van der Waals surface area contributed by atoms with Crippen molar-refractivity contribution in [3.8, 4) is 5.75 Å². The van der Waals surface area contributed by atoms with E-state index in [4.69, 9.17) is 25.5 Å². The Balaban J connectivity index is 1.38. The number of fused-ring (bicyclic) bond motifs is 1. The molecule has 0 spiro atoms. The first-order valence-corrected chi connectivity index (χ1v) is 11.6. The van der Waals surface area contributed by atoms with Gasteiger partial charge in [-0.2, -0.15) is 0 Å². The molecular formula is C22H18ClFN2O8S. The van der Waals surface area contributed by atoms with Crippen LogP contribution < -0.4 is 10.1 Å². The van der Waals surface area contributed by atoms with E-state index in [-0.39, 0.29) is 47.0 Å². The number of carboxylic acid groups (broad SMARTS) is 1. The second-order valence-electron chi connectivity index (χ2n) is 7.53. The Kier molecular flexibility index (Phi) is 7.03. The fourth-order valence-corrected chi connectivity index (χ4v) is 5.06. The van der Waals surface area contributed by atoms with Crippen LogP contribution in [0.2, 0.25) is 5.02 Å². The summed E-state index contributed by atoms with van der Waals surface area (Å²) in [6.45, 7) is 0.882. The number of carbonyl (C=O) groups excluding carboxylic acids is 3. The molecule has 0 bridgehead atoms. The maximum Gasteiger partial charge on any atom is 0.352 e. The molecule has 0 aliphatic carbocycles. The van der Waals surface area contributed by atoms with Crippen LogP contribution >= 0.6 is 23.4 Å². The quantitative estimate of drug-likeness (QED) is 0.394. The molecule has 2 aromatic rings. The van der Waals surface area contributed by atoms with Gasteiger partial charge < -0.3 is 24.3 Å². The lowest BCUT2D eigenvalue weighted by Gasteiger charge is -2.49. The smallest absolute Gasteiger partial charge is 0.352 e. The largest absolute Gasteiger partial charge is 0.484 e. The molecular weight excluding hydrogens is 507 g/mol. The third kappa shape index (κ3) is 5.13. The summed E-state index contributed by atoms with van der Waals surface area (Å²) in [7, 11) is 0. The third-order valence-electron chi connectivity index (χ3n) is 5.14. The van der Waals surface area contributed by atoms with Gasteiger partial charge in [-0.15, -0.1) is 11.8 Å². The SMILES string of the molecule is CC(=O)OCC1=C(C(=O)O)N2C(=O)[C@@H](NC(=O)c3ccc(COc4ccc(F)cc4Cl)o3)[C@@H]2SC1. The van der Waals surface area contributed by atoms with E-state index < -0.39 is 41.0 Å². The van der Waals surface area contributed by atoms with Gasteiger partial charge in [-0.25, -0.2) is 9.18 Å². The number of aliphatic carboxylic acids is 1. The molecule has 10 nitrogen and oxygen atoms in total. The molecule has 0 saturated carbocycles. The first-order valence-electron chi connectivity index (χ1n) is 10.2. The third-order valence-corrected chi connectivity index (χ3v) is 6.77. The van der Waals surface area contributed by atoms with Gasteiger partial charge in [0.05, 0.1) is 5.02 Å². The highest BCUT2D eigenvalue weighted by Gasteiger charge is 2.54. The topological polar surface area (TPSA) is 135 Å². The Morgan fingerprint density at radius 2 is 2.06 bits per heavy atom. The van der Waals surface area contributed by atoms with Gasteiger partial charge >= 0.3 is 11.9 Å². The molecule has 0 unspecified atom stereocenters. The molecule has 2 N–H and O–H groups in total. The van der Waals surface area contributed by atoms with Crippen molar-refractivity contribution >= 4 is 47.1 Å². The molecule has 1 saturated heterocycles. The molecule has 0 radical (unpaired) electrons. The van der Waals surface area contributed by atoms with Crippen LogP contribution in [0.3, 0.4) is 0 Å². The highest BCUT2D eigenvalue weighted by atomic mass is 35.5. The van der Waals surface area contributed by atoms with Crippen LogP contribution in [-0.2, 0) is 25.7 Å². The van der Waals surface area contributed by atoms with Crippen molar-refractivity contribution in [2.75, 3.05) is 12.4 Å². The number of halogens is 2. The molecule has 35 heavy (non-hydrogen) atoms. The highest BCUT2D eigenvalue weighted by molar-refractivity contribution is 8.00. The maximum atomic E-state index is 13.1. The van der Waals surface area contributed by atoms with E-state index >= 15 is 0 Å². The predicted molar refractivity (Wildman–Crippen MR) is 120 cm³/mol. The van der Waals surface area contributed by atoms with Crippen molar-refractivity contribution in [1.82, 2.24) is 10.2 Å². The van der Waals surface area contributed by atoms with E-state index in [0.29, 0.717) is 5.57 Å². The van der Waals surface area contributed by atoms with Gasteiger partial charge in [0.15, 0.2) is 5.76 Å². The molecule has 1 aromatic heterocycles. The van der Waals surface area contributed by atoms with Crippen LogP contribution in [0.1, 0.15) is 23.2 Å². The van der Waals surface area contributed by atoms with Gasteiger partial charge in [-0.05, 0) is 30.3 Å². The molecule has 1 fully saturated rings. The predicted octanol–water partition coefficient (Wildman–Crippen LogP) is 2.57. The summed E-state index contributed by atoms with van der Waals surface area (Å²) in [6.07, 6.45) is 0. The fraction of sp³-hybridized carbons (Fsp3) is 0.273. The van der Waals surface area contributed by atoms with Gasteiger partial charge in [-0.3, -0.25) is 19.3 Å². The molecule has 2 aliphatic heterocycles. The van der Waals surface area contributed by atoms with E-state index in [1.54, 1.807) is 0 Å². The minimum atomic E-state index is -1.33. The number of nitrogens with zero attached hydrogens (tertiary/aromatic N) is 1. The van der Waals surface area contributed by atoms with Gasteiger partial charge in [0.2, 0.25) is 0 Å². The van der Waals surface area contributed by atoms with E-state index in [9.17, 15) is 28.7 Å². The standard InChI is InChI=1S/C22H18ClFN2O8S/c1-10(27)32-7-11-9-35-21-17(20(29)26(21)18(11)22(30)31)25-19(28)16-5-3-13(34-16)8-33-15-4-2-12(24)6-14(15)23/h2-6,17,21H,7-9H2,1H3,(H,25,28)(H,30,31)/t17-,21+/m1/s1. The molecule has 2 aliphatic rings. The van der Waals surface area contributed by atoms with Crippen LogP contribution in [0, 0.1) is 5.82 Å². The maximum absolute atomic E-state index is 13.1. The Labute approximate surface area is 207 Å². The summed E-state index contributed by atoms with van der Waals surface area (Å²) in [5.41, 5.74) is 0.0476. The molecule has 4 rings (SSSR count). The number of benzene rings is 1. The summed E-state index contributed by atoms with van der Waals surface area (Å²) in [4.78, 5) is 49.2. The minimum Gasteiger partial charge on any atom is -0.484 e. The molecule has 184 valence electrons. The molecule has 13 heteroatoms. The number of rotatable bonds is 8. The van der Waals surface area contributed by atoms with Crippen molar-refractivity contribution in [2.24, 2.45) is 0 Å². The second-order valence-corrected chi connectivity index (χ2v) is 9.04. The lowest BCUT2D eigenvalue weighted by atomic mass is 10.0. The summed E-state index contributed by atoms with van der Waals surface area (Å²) in [5.74, 6) is -3.02. The number of nitrogens with one attached hydrogen (secondary N) is 1. The van der Waals surface area contributed by atoms with Crippen LogP contribution in [0.25, 0.3) is 0 Å². The lowest BCUT2D eigenvalue weighted by Crippen LogP contribution is -2.70. The Hall–Kier alpha value is -3.51. The lowest BCUT2D eigenvalue weighted by molar-refractivity contribution is -0.149. The van der Waals surface area contributed by atoms with Crippen molar-refractivity contribution in [3.63, 3.8) is 0 Å². The van der Waals surface area contributed by atoms with Crippen molar-refractivity contribution < 1.29 is 42.6 Å². The van der Waals surface area contributed by atoms with Gasteiger partial charge in [0, 0.05) is 18.2 Å². The van der Waals surface area contributed by atoms with E-state index in [2.05, 4.69) is 5.32 Å². The van der Waals surface area contributed by atoms with Gasteiger partial charge in [0.25, 0.3) is 11.8 Å². The molecule has 3 heterocycles. The number of esters is 1. The van der Waals surface area contributed by atoms with E-state index in [0.717, 1.165) is 11.0 Å². The first-order chi connectivity index (χ1) is 16.7. The second kappa shape index (κ2) is 10.0. The number of hydrogen-bond acceptors (Lipinski definition) is 8. The number of carboxylic acids is 1. The molecule has 1 aromatic carbocycles. The molecule has 2 atom stereocenters. The van der Waals surface area contributed by atoms with Gasteiger partial charge in [-0.1, -0.05) is 11.6 Å². The van der Waals surface area contributed by atoms with Crippen molar-refractivity contribution in [3.05, 3.63) is 64.0 Å². The zero-order valence-electron chi connectivity index (χ0n) is 18.1. The van der Waals surface area contributed by atoms with Crippen LogP contribution in [0.15, 0.2) is 46.0 Å². The number of hydrogen-bond donors (Lipinski definition) is 2. The average molecular weight is 525 g/mol. The Morgan fingerprint density at radius 3 is 2.74 bits per heavy atom. The van der Waals surface area contributed by atoms with Crippen molar-refractivity contribution in [2.45, 2.75) is 24.9 Å². The minimum absolute atomic E-state index is 0.0783. The van der Waals surface area contributed by atoms with Crippen LogP contribution in [-0.4, -0.2) is 57.5 Å². The summed E-state index contributed by atoms with van der Waals surface area (Å²) in [5, 5.41) is 11.6. The number of furan rings is 1. The normalized spacial score (nSPS) is 19.1. The number of β-lactam (4-membered cyclic amide) rings is 1. The number of thioether (sulfide) groups is 1. The Bertz CT molecular complexity index is 1250. The monoisotopic (exact) mass is 524 g/mol. The van der Waals surface area contributed by atoms with E-state index in [1.165, 1.54) is 43.0 Å². The zero-order valence-corrected chi connectivity index (χ0v) is 19.7. The van der Waals surface area contributed by atoms with Crippen molar-refractivity contribution in [1.29, 1.82) is 0 Å². The Morgan fingerprint density at radius 1 is 1.29 bits per heavy atom. The molecule has 2 amide bonds. The summed E-state index contributed by atoms with van der Waals surface area (Å²) < 4.78 is 29.0. The number of ether oxygens (including phenoxy) is 2. The van der Waals surface area contributed by atoms with Gasteiger partial charge in [0.1, 0.15) is 47.7 Å². The summed E-state index contributed by atoms with van der Waals surface area (Å²) >= 11 is 7.16. The number of amides is 2.